The van der Waals surface area contributed by atoms with E-state index in [0.717, 1.165) is 39.0 Å². The minimum atomic E-state index is -0.534. The van der Waals surface area contributed by atoms with Gasteiger partial charge < -0.3 is 20.3 Å². The first-order chi connectivity index (χ1) is 10.5. The van der Waals surface area contributed by atoms with Crippen molar-refractivity contribution in [1.29, 1.82) is 0 Å². The van der Waals surface area contributed by atoms with Gasteiger partial charge in [0.25, 0.3) is 0 Å². The van der Waals surface area contributed by atoms with Crippen molar-refractivity contribution in [3.05, 3.63) is 22.1 Å². The molecule has 0 unspecified atom stereocenters. The molecule has 8 heteroatoms. The van der Waals surface area contributed by atoms with Gasteiger partial charge >= 0.3 is 5.82 Å². The highest BCUT2D eigenvalue weighted by atomic mass is 16.6. The van der Waals surface area contributed by atoms with Crippen LogP contribution in [-0.4, -0.2) is 51.5 Å². The number of imidazole rings is 1. The van der Waals surface area contributed by atoms with E-state index in [-0.39, 0.29) is 18.3 Å². The van der Waals surface area contributed by atoms with Crippen molar-refractivity contribution in [3.8, 4) is 0 Å². The van der Waals surface area contributed by atoms with E-state index >= 15 is 0 Å². The smallest absolute Gasteiger partial charge is 0.358 e. The molecule has 1 amide bonds. The summed E-state index contributed by atoms with van der Waals surface area (Å²) < 4.78 is 1.56. The third-order valence-corrected chi connectivity index (χ3v) is 4.83. The van der Waals surface area contributed by atoms with Crippen molar-refractivity contribution >= 4 is 11.7 Å². The minimum Gasteiger partial charge on any atom is -0.358 e. The first kappa shape index (κ1) is 15.0. The Hall–Kier alpha value is -1.96. The highest BCUT2D eigenvalue weighted by molar-refractivity contribution is 5.76. The van der Waals surface area contributed by atoms with Crippen LogP contribution in [0.25, 0.3) is 0 Å². The van der Waals surface area contributed by atoms with Gasteiger partial charge in [0, 0.05) is 20.0 Å². The molecule has 2 aliphatic rings. The number of fused-ring (bicyclic) bond motifs is 1. The number of nitrogens with one attached hydrogen (secondary N) is 1. The number of hydrogen-bond donors (Lipinski definition) is 1. The highest BCUT2D eigenvalue weighted by Gasteiger charge is 2.31. The maximum absolute atomic E-state index is 12.5. The molecule has 3 rings (SSSR count). The molecule has 1 aromatic rings. The number of nitrogens with zero attached hydrogens (tertiary/aromatic N) is 4. The van der Waals surface area contributed by atoms with Gasteiger partial charge in [-0.3, -0.25) is 9.36 Å². The van der Waals surface area contributed by atoms with Crippen LogP contribution in [-0.2, 0) is 11.3 Å². The minimum absolute atomic E-state index is 0.0170. The van der Waals surface area contributed by atoms with Crippen molar-refractivity contribution < 1.29 is 9.72 Å². The number of aryl methyl sites for hydroxylation is 1. The SMILES string of the molecule is Cc1nc([N+](=O)[O-])cn1CC(=O)N1CC[C@@H]2CNC[C@@H]2CC1. The second-order valence-corrected chi connectivity index (χ2v) is 6.17. The van der Waals surface area contributed by atoms with Crippen LogP contribution in [0, 0.1) is 28.9 Å². The summed E-state index contributed by atoms with van der Waals surface area (Å²) in [5, 5.41) is 14.2. The van der Waals surface area contributed by atoms with E-state index in [1.54, 1.807) is 11.5 Å². The summed E-state index contributed by atoms with van der Waals surface area (Å²) in [4.78, 5) is 28.4. The zero-order chi connectivity index (χ0) is 15.7. The summed E-state index contributed by atoms with van der Waals surface area (Å²) in [6.45, 7) is 5.47. The number of carbonyl (C=O) groups is 1. The predicted octanol–water partition coefficient (Wildman–Crippen LogP) is 0.558. The van der Waals surface area contributed by atoms with Gasteiger partial charge in [0.05, 0.1) is 0 Å². The molecule has 2 atom stereocenters. The van der Waals surface area contributed by atoms with Crippen molar-refractivity contribution in [2.24, 2.45) is 11.8 Å². The molecule has 0 aromatic carbocycles. The van der Waals surface area contributed by atoms with Gasteiger partial charge in [-0.25, -0.2) is 0 Å². The summed E-state index contributed by atoms with van der Waals surface area (Å²) in [6, 6.07) is 0. The zero-order valence-corrected chi connectivity index (χ0v) is 12.7. The van der Waals surface area contributed by atoms with E-state index in [0.29, 0.717) is 17.7 Å². The predicted molar refractivity (Wildman–Crippen MR) is 79.3 cm³/mol. The fourth-order valence-electron chi connectivity index (χ4n) is 3.45. The van der Waals surface area contributed by atoms with Crippen LogP contribution >= 0.6 is 0 Å². The number of hydrogen-bond acceptors (Lipinski definition) is 5. The molecule has 0 bridgehead atoms. The molecular formula is C14H21N5O3. The lowest BCUT2D eigenvalue weighted by atomic mass is 9.92. The fraction of sp³-hybridized carbons (Fsp3) is 0.714. The molecule has 0 aliphatic carbocycles. The molecule has 3 heterocycles. The van der Waals surface area contributed by atoms with E-state index in [9.17, 15) is 14.9 Å². The third kappa shape index (κ3) is 2.96. The summed E-state index contributed by atoms with van der Waals surface area (Å²) >= 11 is 0. The average molecular weight is 307 g/mol. The Morgan fingerprint density at radius 3 is 2.59 bits per heavy atom. The standard InChI is InChI=1S/C14H21N5O3/c1-10-16-13(19(21)22)8-18(10)9-14(20)17-4-2-11-6-15-7-12(11)3-5-17/h8,11-12,15H,2-7,9H2,1H3/t11-,12+. The van der Waals surface area contributed by atoms with Crippen LogP contribution in [0.15, 0.2) is 6.20 Å². The van der Waals surface area contributed by atoms with E-state index < -0.39 is 4.92 Å². The second kappa shape index (κ2) is 6.04. The molecule has 1 aromatic heterocycles. The lowest BCUT2D eigenvalue weighted by molar-refractivity contribution is -0.389. The van der Waals surface area contributed by atoms with E-state index in [1.165, 1.54) is 6.20 Å². The summed E-state index contributed by atoms with van der Waals surface area (Å²) in [6.07, 6.45) is 3.41. The van der Waals surface area contributed by atoms with Crippen molar-refractivity contribution in [1.82, 2.24) is 19.8 Å². The molecule has 2 fully saturated rings. The number of amides is 1. The van der Waals surface area contributed by atoms with Crippen molar-refractivity contribution in [3.63, 3.8) is 0 Å². The Labute approximate surface area is 128 Å². The van der Waals surface area contributed by atoms with Crippen LogP contribution in [0.3, 0.4) is 0 Å². The number of nitro groups is 1. The van der Waals surface area contributed by atoms with Crippen LogP contribution in [0.5, 0.6) is 0 Å². The highest BCUT2D eigenvalue weighted by Crippen LogP contribution is 2.27. The molecule has 2 aliphatic heterocycles. The average Bonchev–Trinajstić information content (AvgIpc) is 3.01. The number of carbonyl (C=O) groups excluding carboxylic acids is 1. The Balaban J connectivity index is 1.63. The van der Waals surface area contributed by atoms with Gasteiger partial charge in [-0.2, -0.15) is 0 Å². The Kier molecular flexibility index (Phi) is 4.10. The van der Waals surface area contributed by atoms with E-state index in [4.69, 9.17) is 0 Å². The molecule has 1 N–H and O–H groups in total. The molecule has 0 saturated carbocycles. The van der Waals surface area contributed by atoms with E-state index in [1.807, 2.05) is 4.90 Å². The zero-order valence-electron chi connectivity index (χ0n) is 12.7. The Morgan fingerprint density at radius 1 is 1.41 bits per heavy atom. The largest absolute Gasteiger partial charge is 0.381 e. The number of rotatable bonds is 3. The molecule has 0 spiro atoms. The van der Waals surface area contributed by atoms with Gasteiger partial charge in [0.1, 0.15) is 12.7 Å². The van der Waals surface area contributed by atoms with Crippen LogP contribution < -0.4 is 5.32 Å². The van der Waals surface area contributed by atoms with Gasteiger partial charge in [-0.05, 0) is 47.7 Å². The van der Waals surface area contributed by atoms with Gasteiger partial charge in [0.15, 0.2) is 0 Å². The normalized spacial score (nSPS) is 24.9. The summed E-state index contributed by atoms with van der Waals surface area (Å²) in [5.41, 5.74) is 0. The molecular weight excluding hydrogens is 286 g/mol. The fourth-order valence-corrected chi connectivity index (χ4v) is 3.45. The number of likely N-dealkylation sites (tertiary alicyclic amines) is 1. The molecule has 0 radical (unpaired) electrons. The van der Waals surface area contributed by atoms with Gasteiger partial charge in [0.2, 0.25) is 11.7 Å². The lowest BCUT2D eigenvalue weighted by Gasteiger charge is -2.21. The topological polar surface area (TPSA) is 93.3 Å². The first-order valence-electron chi connectivity index (χ1n) is 7.71. The van der Waals surface area contributed by atoms with E-state index in [2.05, 4.69) is 10.3 Å². The monoisotopic (exact) mass is 307 g/mol. The maximum Gasteiger partial charge on any atom is 0.381 e. The maximum atomic E-state index is 12.5. The second-order valence-electron chi connectivity index (χ2n) is 6.17. The van der Waals surface area contributed by atoms with Crippen LogP contribution in [0.4, 0.5) is 5.82 Å². The third-order valence-electron chi connectivity index (χ3n) is 4.83. The lowest BCUT2D eigenvalue weighted by Crippen LogP contribution is -2.35. The quantitative estimate of drug-likeness (QED) is 0.650. The van der Waals surface area contributed by atoms with Crippen molar-refractivity contribution in [2.45, 2.75) is 26.3 Å². The van der Waals surface area contributed by atoms with Gasteiger partial charge in [-0.15, -0.1) is 0 Å². The Bertz CT molecular complexity index is 571. The first-order valence-corrected chi connectivity index (χ1v) is 7.71. The molecule has 2 saturated heterocycles. The van der Waals surface area contributed by atoms with Crippen LogP contribution in [0.1, 0.15) is 18.7 Å². The Morgan fingerprint density at radius 2 is 2.05 bits per heavy atom. The van der Waals surface area contributed by atoms with Crippen molar-refractivity contribution in [2.75, 3.05) is 26.2 Å². The van der Waals surface area contributed by atoms with Gasteiger partial charge in [-0.1, -0.05) is 0 Å². The summed E-state index contributed by atoms with van der Waals surface area (Å²) in [7, 11) is 0. The van der Waals surface area contributed by atoms with Crippen LogP contribution in [0.2, 0.25) is 0 Å². The number of aromatic nitrogens is 2. The summed E-state index contributed by atoms with van der Waals surface area (Å²) in [5.74, 6) is 1.66. The molecule has 22 heavy (non-hydrogen) atoms. The molecule has 120 valence electrons. The molecule has 8 nitrogen and oxygen atoms in total.